The van der Waals surface area contributed by atoms with Crippen LogP contribution in [0.3, 0.4) is 0 Å². The van der Waals surface area contributed by atoms with Gasteiger partial charge in [-0.1, -0.05) is 306 Å². The average molecular weight is 1030 g/mol. The summed E-state index contributed by atoms with van der Waals surface area (Å²) in [6, 6.07) is 0. The van der Waals surface area contributed by atoms with Crippen molar-refractivity contribution < 1.29 is 28.6 Å². The van der Waals surface area contributed by atoms with Crippen LogP contribution in [0.1, 0.15) is 323 Å². The van der Waals surface area contributed by atoms with Gasteiger partial charge in [-0.15, -0.1) is 0 Å². The lowest BCUT2D eigenvalue weighted by molar-refractivity contribution is -0.167. The van der Waals surface area contributed by atoms with E-state index in [2.05, 4.69) is 93.7 Å². The average Bonchev–Trinajstić information content (AvgIpc) is 3.40. The monoisotopic (exact) mass is 1030 g/mol. The normalized spacial score (nSPS) is 12.5. The van der Waals surface area contributed by atoms with Crippen LogP contribution in [0.15, 0.2) is 72.9 Å². The minimum absolute atomic E-state index is 0.0704. The molecule has 0 aromatic heterocycles. The molecule has 1 unspecified atom stereocenters. The lowest BCUT2D eigenvalue weighted by Gasteiger charge is -2.18. The van der Waals surface area contributed by atoms with E-state index in [9.17, 15) is 14.4 Å². The number of rotatable bonds is 58. The smallest absolute Gasteiger partial charge is 0.306 e. The van der Waals surface area contributed by atoms with E-state index >= 15 is 0 Å². The summed E-state index contributed by atoms with van der Waals surface area (Å²) in [5.74, 6) is -0.865. The molecule has 0 aliphatic carbocycles. The highest BCUT2D eigenvalue weighted by Crippen LogP contribution is 2.17. The van der Waals surface area contributed by atoms with Crippen molar-refractivity contribution in [3.63, 3.8) is 0 Å². The first-order chi connectivity index (χ1) is 36.5. The zero-order valence-corrected chi connectivity index (χ0v) is 49.1. The van der Waals surface area contributed by atoms with Crippen molar-refractivity contribution in [3.05, 3.63) is 72.9 Å². The van der Waals surface area contributed by atoms with Gasteiger partial charge >= 0.3 is 17.9 Å². The summed E-state index contributed by atoms with van der Waals surface area (Å²) in [4.78, 5) is 38.0. The van der Waals surface area contributed by atoms with E-state index < -0.39 is 6.10 Å². The van der Waals surface area contributed by atoms with E-state index in [1.165, 1.54) is 186 Å². The lowest BCUT2D eigenvalue weighted by atomic mass is 10.0. The van der Waals surface area contributed by atoms with Crippen LogP contribution in [0.25, 0.3) is 0 Å². The largest absolute Gasteiger partial charge is 0.462 e. The molecule has 0 amide bonds. The standard InChI is InChI=1S/C68H120O6/c1-4-7-10-13-16-18-20-22-24-26-27-28-29-30-31-32-33-34-35-36-37-38-39-40-41-43-44-46-48-50-52-55-58-61-67(70)73-64-65(63-72-66(69)60-57-54-15-12-9-6-3)74-68(71)62-59-56-53-51-49-47-45-42-25-23-21-19-17-14-11-8-5-2/h7,10,16,18,22,24,27-28,30-31,33-34,65H,4-6,8-9,11-15,17,19-21,23,25-26,29,32,35-64H2,1-3H3/b10-7-,18-16-,24-22-,28-27-,31-30-,34-33-. The molecule has 1 atom stereocenters. The number of unbranched alkanes of at least 4 members (excludes halogenated alkanes) is 35. The van der Waals surface area contributed by atoms with Crippen molar-refractivity contribution in [3.8, 4) is 0 Å². The van der Waals surface area contributed by atoms with E-state index in [1.54, 1.807) is 0 Å². The van der Waals surface area contributed by atoms with Crippen molar-refractivity contribution in [2.45, 2.75) is 329 Å². The fraction of sp³-hybridized carbons (Fsp3) is 0.779. The van der Waals surface area contributed by atoms with Crippen molar-refractivity contribution in [2.24, 2.45) is 0 Å². The highest BCUT2D eigenvalue weighted by Gasteiger charge is 2.19. The Labute approximate surface area is 459 Å². The van der Waals surface area contributed by atoms with Gasteiger partial charge in [-0.05, 0) is 70.6 Å². The van der Waals surface area contributed by atoms with Crippen molar-refractivity contribution in [1.29, 1.82) is 0 Å². The van der Waals surface area contributed by atoms with Crippen molar-refractivity contribution >= 4 is 17.9 Å². The molecule has 0 saturated carbocycles. The molecule has 0 aromatic rings. The van der Waals surface area contributed by atoms with Crippen molar-refractivity contribution in [1.82, 2.24) is 0 Å². The maximum absolute atomic E-state index is 12.8. The van der Waals surface area contributed by atoms with E-state index in [-0.39, 0.29) is 31.1 Å². The first-order valence-electron chi connectivity index (χ1n) is 31.9. The number of ether oxygens (including phenoxy) is 3. The summed E-state index contributed by atoms with van der Waals surface area (Å²) in [5, 5.41) is 0. The Morgan fingerprint density at radius 1 is 0.284 bits per heavy atom. The Kier molecular flexibility index (Phi) is 59.7. The molecule has 0 aliphatic rings. The quantitative estimate of drug-likeness (QED) is 0.0261. The van der Waals surface area contributed by atoms with Gasteiger partial charge in [0.1, 0.15) is 13.2 Å². The highest BCUT2D eigenvalue weighted by atomic mass is 16.6. The van der Waals surface area contributed by atoms with Gasteiger partial charge in [-0.25, -0.2) is 0 Å². The minimum Gasteiger partial charge on any atom is -0.462 e. The third-order valence-electron chi connectivity index (χ3n) is 14.0. The molecule has 0 fully saturated rings. The predicted molar refractivity (Wildman–Crippen MR) is 321 cm³/mol. The van der Waals surface area contributed by atoms with E-state index in [1.807, 2.05) is 0 Å². The van der Waals surface area contributed by atoms with Crippen LogP contribution in [0, 0.1) is 0 Å². The molecule has 428 valence electrons. The Balaban J connectivity index is 4.00. The number of hydrogen-bond acceptors (Lipinski definition) is 6. The Morgan fingerprint density at radius 3 is 0.824 bits per heavy atom. The summed E-state index contributed by atoms with van der Waals surface area (Å²) in [5.41, 5.74) is 0. The second-order valence-electron chi connectivity index (χ2n) is 21.3. The number of carbonyl (C=O) groups is 3. The minimum atomic E-state index is -0.768. The third-order valence-corrected chi connectivity index (χ3v) is 14.0. The molecule has 0 spiro atoms. The molecule has 0 rings (SSSR count). The molecule has 0 heterocycles. The number of carbonyl (C=O) groups excluding carboxylic acids is 3. The zero-order chi connectivity index (χ0) is 53.6. The molecule has 0 aromatic carbocycles. The molecule has 6 heteroatoms. The fourth-order valence-corrected chi connectivity index (χ4v) is 9.21. The molecular formula is C68H120O6. The molecule has 0 saturated heterocycles. The van der Waals surface area contributed by atoms with Crippen LogP contribution in [-0.4, -0.2) is 37.2 Å². The Bertz CT molecular complexity index is 1370. The van der Waals surface area contributed by atoms with E-state index in [0.29, 0.717) is 19.3 Å². The van der Waals surface area contributed by atoms with Crippen LogP contribution >= 0.6 is 0 Å². The number of esters is 3. The molecule has 74 heavy (non-hydrogen) atoms. The summed E-state index contributed by atoms with van der Waals surface area (Å²) >= 11 is 0. The number of allylic oxidation sites excluding steroid dienone is 12. The molecule has 0 bridgehead atoms. The lowest BCUT2D eigenvalue weighted by Crippen LogP contribution is -2.30. The van der Waals surface area contributed by atoms with Crippen LogP contribution < -0.4 is 0 Å². The highest BCUT2D eigenvalue weighted by molar-refractivity contribution is 5.71. The molecule has 0 aliphatic heterocycles. The van der Waals surface area contributed by atoms with Crippen LogP contribution in [-0.2, 0) is 28.6 Å². The maximum Gasteiger partial charge on any atom is 0.306 e. The Morgan fingerprint density at radius 2 is 0.527 bits per heavy atom. The van der Waals surface area contributed by atoms with Gasteiger partial charge in [0.25, 0.3) is 0 Å². The first-order valence-corrected chi connectivity index (χ1v) is 31.9. The van der Waals surface area contributed by atoms with Crippen LogP contribution in [0.4, 0.5) is 0 Å². The van der Waals surface area contributed by atoms with Gasteiger partial charge in [0.05, 0.1) is 0 Å². The van der Waals surface area contributed by atoms with Gasteiger partial charge in [0.15, 0.2) is 6.10 Å². The Hall–Kier alpha value is -3.15. The van der Waals surface area contributed by atoms with E-state index in [0.717, 1.165) is 96.3 Å². The zero-order valence-electron chi connectivity index (χ0n) is 49.1. The molecule has 6 nitrogen and oxygen atoms in total. The van der Waals surface area contributed by atoms with Gasteiger partial charge in [-0.2, -0.15) is 0 Å². The number of hydrogen-bond donors (Lipinski definition) is 0. The van der Waals surface area contributed by atoms with Gasteiger partial charge in [-0.3, -0.25) is 14.4 Å². The second-order valence-corrected chi connectivity index (χ2v) is 21.3. The topological polar surface area (TPSA) is 78.9 Å². The molecule has 0 N–H and O–H groups in total. The van der Waals surface area contributed by atoms with Gasteiger partial charge in [0.2, 0.25) is 0 Å². The fourth-order valence-electron chi connectivity index (χ4n) is 9.21. The maximum atomic E-state index is 12.8. The summed E-state index contributed by atoms with van der Waals surface area (Å²) in [6.45, 7) is 6.50. The SMILES string of the molecule is CC/C=C\C/C=C\C/C=C\C/C=C\C/C=C\C/C=C\CCCCCCCCCCCCCCCCC(=O)OCC(COC(=O)CCCCCCCC)OC(=O)CCCCCCCCCCCCCCCCCCC. The second kappa shape index (κ2) is 62.4. The van der Waals surface area contributed by atoms with Crippen LogP contribution in [0.2, 0.25) is 0 Å². The predicted octanol–water partition coefficient (Wildman–Crippen LogP) is 21.7. The van der Waals surface area contributed by atoms with Crippen LogP contribution in [0.5, 0.6) is 0 Å². The third kappa shape index (κ3) is 59.7. The van der Waals surface area contributed by atoms with Crippen molar-refractivity contribution in [2.75, 3.05) is 13.2 Å². The summed E-state index contributed by atoms with van der Waals surface area (Å²) in [6.07, 6.45) is 80.9. The summed E-state index contributed by atoms with van der Waals surface area (Å²) < 4.78 is 16.8. The van der Waals surface area contributed by atoms with Gasteiger partial charge in [0, 0.05) is 19.3 Å². The molecule has 0 radical (unpaired) electrons. The van der Waals surface area contributed by atoms with E-state index in [4.69, 9.17) is 14.2 Å². The summed E-state index contributed by atoms with van der Waals surface area (Å²) in [7, 11) is 0. The first kappa shape index (κ1) is 70.8. The van der Waals surface area contributed by atoms with Gasteiger partial charge < -0.3 is 14.2 Å². The molecular weight excluding hydrogens is 913 g/mol.